The van der Waals surface area contributed by atoms with Crippen LogP contribution in [0, 0.1) is 0 Å². The van der Waals surface area contributed by atoms with Gasteiger partial charge in [0.15, 0.2) is 0 Å². The van der Waals surface area contributed by atoms with Crippen molar-refractivity contribution in [3.8, 4) is 0 Å². The van der Waals surface area contributed by atoms with Crippen LogP contribution in [0.1, 0.15) is 26.3 Å². The van der Waals surface area contributed by atoms with Gasteiger partial charge in [-0.3, -0.25) is 0 Å². The van der Waals surface area contributed by atoms with Crippen molar-refractivity contribution in [3.63, 3.8) is 0 Å². The van der Waals surface area contributed by atoms with Crippen LogP contribution < -0.4 is 10.2 Å². The van der Waals surface area contributed by atoms with E-state index in [9.17, 15) is 0 Å². The van der Waals surface area contributed by atoms with Crippen molar-refractivity contribution in [3.05, 3.63) is 29.8 Å². The lowest BCUT2D eigenvalue weighted by molar-refractivity contribution is 0.234. The maximum absolute atomic E-state index is 3.52. The molecule has 0 radical (unpaired) electrons. The van der Waals surface area contributed by atoms with Crippen LogP contribution in [0.2, 0.25) is 0 Å². The molecule has 3 nitrogen and oxygen atoms in total. The first kappa shape index (κ1) is 14.4. The molecule has 2 rings (SSSR count). The molecule has 1 aliphatic heterocycles. The van der Waals surface area contributed by atoms with Crippen LogP contribution in [-0.2, 0) is 6.54 Å². The summed E-state index contributed by atoms with van der Waals surface area (Å²) in [6.45, 7) is 11.0. The zero-order valence-electron chi connectivity index (χ0n) is 12.7. The van der Waals surface area contributed by atoms with Crippen molar-refractivity contribution in [2.75, 3.05) is 31.6 Å². The smallest absolute Gasteiger partial charge is 0.0412 e. The second-order valence-electron chi connectivity index (χ2n) is 5.94. The van der Waals surface area contributed by atoms with Crippen LogP contribution >= 0.6 is 0 Å². The summed E-state index contributed by atoms with van der Waals surface area (Å²) < 4.78 is 0. The van der Waals surface area contributed by atoms with Gasteiger partial charge in [0.05, 0.1) is 0 Å². The minimum Gasteiger partial charge on any atom is -0.368 e. The van der Waals surface area contributed by atoms with Crippen molar-refractivity contribution < 1.29 is 0 Å². The van der Waals surface area contributed by atoms with E-state index in [-0.39, 0.29) is 0 Å². The van der Waals surface area contributed by atoms with Gasteiger partial charge >= 0.3 is 0 Å². The summed E-state index contributed by atoms with van der Waals surface area (Å²) in [7, 11) is 2.22. The van der Waals surface area contributed by atoms with E-state index >= 15 is 0 Å². The number of likely N-dealkylation sites (N-methyl/N-ethyl adjacent to an activating group) is 1. The molecule has 0 aromatic heterocycles. The van der Waals surface area contributed by atoms with Gasteiger partial charge in [0, 0.05) is 44.0 Å². The normalized spacial score (nSPS) is 21.1. The van der Waals surface area contributed by atoms with E-state index in [0.29, 0.717) is 12.1 Å². The summed E-state index contributed by atoms with van der Waals surface area (Å²) in [5.41, 5.74) is 2.81. The molecule has 0 aliphatic carbocycles. The molecule has 1 unspecified atom stereocenters. The molecule has 106 valence electrons. The molecule has 1 aromatic rings. The number of anilines is 1. The highest BCUT2D eigenvalue weighted by molar-refractivity contribution is 5.54. The molecule has 1 N–H and O–H groups in total. The zero-order chi connectivity index (χ0) is 13.8. The summed E-state index contributed by atoms with van der Waals surface area (Å²) in [5.74, 6) is 0. The number of nitrogens with one attached hydrogen (secondary N) is 1. The van der Waals surface area contributed by atoms with Crippen LogP contribution in [0.4, 0.5) is 5.69 Å². The third-order valence-corrected chi connectivity index (χ3v) is 3.99. The minimum atomic E-state index is 0.527. The summed E-state index contributed by atoms with van der Waals surface area (Å²) in [5, 5.41) is 3.52. The third-order valence-electron chi connectivity index (χ3n) is 3.99. The number of para-hydroxylation sites is 1. The van der Waals surface area contributed by atoms with E-state index in [1.54, 1.807) is 0 Å². The highest BCUT2D eigenvalue weighted by Gasteiger charge is 2.22. The molecule has 1 aromatic carbocycles. The minimum absolute atomic E-state index is 0.527. The number of hydrogen-bond donors (Lipinski definition) is 1. The van der Waals surface area contributed by atoms with Crippen molar-refractivity contribution in [2.45, 2.75) is 39.4 Å². The predicted molar refractivity (Wildman–Crippen MR) is 82.7 cm³/mol. The third kappa shape index (κ3) is 3.71. The molecule has 0 saturated carbocycles. The Hall–Kier alpha value is -1.06. The molecule has 1 saturated heterocycles. The van der Waals surface area contributed by atoms with Gasteiger partial charge in [0.1, 0.15) is 0 Å². The lowest BCUT2D eigenvalue weighted by atomic mass is 10.1. The van der Waals surface area contributed by atoms with Gasteiger partial charge in [0.25, 0.3) is 0 Å². The topological polar surface area (TPSA) is 18.5 Å². The fourth-order valence-corrected chi connectivity index (χ4v) is 2.55. The molecule has 1 heterocycles. The van der Waals surface area contributed by atoms with Crippen LogP contribution in [0.15, 0.2) is 24.3 Å². The summed E-state index contributed by atoms with van der Waals surface area (Å²) >= 11 is 0. The van der Waals surface area contributed by atoms with Gasteiger partial charge in [-0.15, -0.1) is 0 Å². The fourth-order valence-electron chi connectivity index (χ4n) is 2.55. The number of nitrogens with zero attached hydrogens (tertiary/aromatic N) is 2. The highest BCUT2D eigenvalue weighted by atomic mass is 15.3. The molecular formula is C16H27N3. The van der Waals surface area contributed by atoms with E-state index in [4.69, 9.17) is 0 Å². The Balaban J connectivity index is 2.10. The Morgan fingerprint density at radius 2 is 2.00 bits per heavy atom. The van der Waals surface area contributed by atoms with E-state index in [2.05, 4.69) is 67.2 Å². The largest absolute Gasteiger partial charge is 0.368 e. The van der Waals surface area contributed by atoms with E-state index in [1.807, 2.05) is 0 Å². The van der Waals surface area contributed by atoms with E-state index in [0.717, 1.165) is 26.2 Å². The van der Waals surface area contributed by atoms with Crippen molar-refractivity contribution in [1.29, 1.82) is 0 Å². The Morgan fingerprint density at radius 1 is 1.26 bits per heavy atom. The van der Waals surface area contributed by atoms with E-state index < -0.39 is 0 Å². The quantitative estimate of drug-likeness (QED) is 0.897. The SMILES string of the molecule is CC(C)NCc1ccccc1N1CCN(C)C(C)C1. The monoisotopic (exact) mass is 261 g/mol. The predicted octanol–water partition coefficient (Wildman–Crippen LogP) is 2.32. The second-order valence-corrected chi connectivity index (χ2v) is 5.94. The first-order valence-corrected chi connectivity index (χ1v) is 7.34. The molecule has 3 heteroatoms. The Bertz CT molecular complexity index is 403. The lowest BCUT2D eigenvalue weighted by Gasteiger charge is -2.39. The summed E-state index contributed by atoms with van der Waals surface area (Å²) in [6, 6.07) is 9.94. The van der Waals surface area contributed by atoms with Gasteiger partial charge in [0.2, 0.25) is 0 Å². The molecular weight excluding hydrogens is 234 g/mol. The van der Waals surface area contributed by atoms with Gasteiger partial charge in [-0.1, -0.05) is 32.0 Å². The summed E-state index contributed by atoms with van der Waals surface area (Å²) in [6.07, 6.45) is 0. The standard InChI is InChI=1S/C16H27N3/c1-13(2)17-11-15-7-5-6-8-16(15)19-10-9-18(4)14(3)12-19/h5-8,13-14,17H,9-12H2,1-4H3. The van der Waals surface area contributed by atoms with Gasteiger partial charge in [-0.05, 0) is 25.6 Å². The second kappa shape index (κ2) is 6.40. The van der Waals surface area contributed by atoms with Crippen molar-refractivity contribution >= 4 is 5.69 Å². The lowest BCUT2D eigenvalue weighted by Crippen LogP contribution is -2.50. The van der Waals surface area contributed by atoms with Crippen LogP contribution in [0.5, 0.6) is 0 Å². The number of piperazine rings is 1. The van der Waals surface area contributed by atoms with Crippen molar-refractivity contribution in [2.24, 2.45) is 0 Å². The molecule has 0 spiro atoms. The number of benzene rings is 1. The fraction of sp³-hybridized carbons (Fsp3) is 0.625. The van der Waals surface area contributed by atoms with Crippen LogP contribution in [-0.4, -0.2) is 43.7 Å². The van der Waals surface area contributed by atoms with Crippen LogP contribution in [0.25, 0.3) is 0 Å². The Labute approximate surface area is 117 Å². The average Bonchev–Trinajstić information content (AvgIpc) is 2.40. The van der Waals surface area contributed by atoms with Crippen molar-refractivity contribution in [1.82, 2.24) is 10.2 Å². The molecule has 1 fully saturated rings. The average molecular weight is 261 g/mol. The first-order chi connectivity index (χ1) is 9.08. The molecule has 0 amide bonds. The highest BCUT2D eigenvalue weighted by Crippen LogP contribution is 2.23. The van der Waals surface area contributed by atoms with Gasteiger partial charge < -0.3 is 15.1 Å². The Kier molecular flexibility index (Phi) is 4.83. The molecule has 19 heavy (non-hydrogen) atoms. The number of hydrogen-bond acceptors (Lipinski definition) is 3. The van der Waals surface area contributed by atoms with Gasteiger partial charge in [-0.2, -0.15) is 0 Å². The zero-order valence-corrected chi connectivity index (χ0v) is 12.7. The Morgan fingerprint density at radius 3 is 2.68 bits per heavy atom. The number of rotatable bonds is 4. The molecule has 1 atom stereocenters. The maximum atomic E-state index is 3.52. The summed E-state index contributed by atoms with van der Waals surface area (Å²) in [4.78, 5) is 4.97. The van der Waals surface area contributed by atoms with Crippen LogP contribution in [0.3, 0.4) is 0 Å². The van der Waals surface area contributed by atoms with Gasteiger partial charge in [-0.25, -0.2) is 0 Å². The first-order valence-electron chi connectivity index (χ1n) is 7.34. The molecule has 1 aliphatic rings. The maximum Gasteiger partial charge on any atom is 0.0412 e. The molecule has 0 bridgehead atoms. The van der Waals surface area contributed by atoms with E-state index in [1.165, 1.54) is 11.3 Å².